The SMILES string of the molecule is CC.CC.CCC(=O)c1ccccc1Oc1nc(Cc2ccccc2)ncc1C. The highest BCUT2D eigenvalue weighted by Gasteiger charge is 2.13. The number of ketones is 1. The zero-order valence-corrected chi connectivity index (χ0v) is 18.4. The fourth-order valence-electron chi connectivity index (χ4n) is 2.51. The second-order valence-electron chi connectivity index (χ2n) is 5.81. The Morgan fingerprint density at radius 2 is 1.55 bits per heavy atom. The Bertz CT molecular complexity index is 877. The summed E-state index contributed by atoms with van der Waals surface area (Å²) in [6, 6.07) is 17.3. The summed E-state index contributed by atoms with van der Waals surface area (Å²) in [4.78, 5) is 21.0. The van der Waals surface area contributed by atoms with Gasteiger partial charge in [0.15, 0.2) is 5.78 Å². The number of rotatable bonds is 6. The largest absolute Gasteiger partial charge is 0.438 e. The first kappa shape index (κ1) is 24.0. The summed E-state index contributed by atoms with van der Waals surface area (Å²) in [5, 5.41) is 0. The number of aromatic nitrogens is 2. The number of aryl methyl sites for hydroxylation is 1. The van der Waals surface area contributed by atoms with Crippen LogP contribution in [0.4, 0.5) is 0 Å². The fourth-order valence-corrected chi connectivity index (χ4v) is 2.51. The van der Waals surface area contributed by atoms with Gasteiger partial charge in [0, 0.05) is 24.6 Å². The molecule has 29 heavy (non-hydrogen) atoms. The van der Waals surface area contributed by atoms with Gasteiger partial charge in [0.05, 0.1) is 5.56 Å². The maximum atomic E-state index is 12.1. The van der Waals surface area contributed by atoms with Crippen LogP contribution in [0.25, 0.3) is 0 Å². The van der Waals surface area contributed by atoms with Gasteiger partial charge in [-0.25, -0.2) is 4.98 Å². The van der Waals surface area contributed by atoms with E-state index in [0.29, 0.717) is 35.9 Å². The molecule has 0 atom stereocenters. The van der Waals surface area contributed by atoms with Crippen LogP contribution in [0.3, 0.4) is 0 Å². The molecule has 4 nitrogen and oxygen atoms in total. The van der Waals surface area contributed by atoms with Crippen LogP contribution in [-0.4, -0.2) is 15.8 Å². The van der Waals surface area contributed by atoms with Crippen molar-refractivity contribution in [3.05, 3.63) is 83.3 Å². The number of carbonyl (C=O) groups excluding carboxylic acids is 1. The molecule has 4 heteroatoms. The van der Waals surface area contributed by atoms with E-state index in [9.17, 15) is 4.79 Å². The first-order chi connectivity index (χ1) is 14.2. The Balaban J connectivity index is 0.000000989. The first-order valence-electron chi connectivity index (χ1n) is 10.3. The van der Waals surface area contributed by atoms with Gasteiger partial charge in [-0.2, -0.15) is 4.98 Å². The number of carbonyl (C=O) groups is 1. The van der Waals surface area contributed by atoms with Gasteiger partial charge in [-0.05, 0) is 24.6 Å². The van der Waals surface area contributed by atoms with Crippen molar-refractivity contribution in [1.29, 1.82) is 0 Å². The molecular weight excluding hydrogens is 360 g/mol. The first-order valence-corrected chi connectivity index (χ1v) is 10.3. The van der Waals surface area contributed by atoms with Crippen molar-refractivity contribution < 1.29 is 9.53 Å². The molecular formula is C25H32N2O2. The molecule has 1 aromatic heterocycles. The minimum atomic E-state index is 0.0480. The molecule has 1 heterocycles. The van der Waals surface area contributed by atoms with E-state index in [1.165, 1.54) is 0 Å². The van der Waals surface area contributed by atoms with Crippen molar-refractivity contribution >= 4 is 5.78 Å². The third-order valence-electron chi connectivity index (χ3n) is 3.90. The molecule has 0 saturated heterocycles. The molecule has 0 radical (unpaired) electrons. The monoisotopic (exact) mass is 392 g/mol. The zero-order valence-electron chi connectivity index (χ0n) is 18.4. The molecule has 0 bridgehead atoms. The van der Waals surface area contributed by atoms with Crippen LogP contribution < -0.4 is 4.74 Å². The lowest BCUT2D eigenvalue weighted by Gasteiger charge is -2.12. The third-order valence-corrected chi connectivity index (χ3v) is 3.90. The summed E-state index contributed by atoms with van der Waals surface area (Å²) in [5.41, 5.74) is 2.54. The standard InChI is InChI=1S/C21H20N2O2.2C2H6/c1-3-18(24)17-11-7-8-12-19(17)25-21-15(2)14-22-20(23-21)13-16-9-5-4-6-10-16;2*1-2/h4-12,14H,3,13H2,1-2H3;2*1-2H3. The average molecular weight is 393 g/mol. The Kier molecular flexibility index (Phi) is 10.9. The molecule has 0 amide bonds. The minimum absolute atomic E-state index is 0.0480. The van der Waals surface area contributed by atoms with Crippen LogP contribution in [0, 0.1) is 6.92 Å². The highest BCUT2D eigenvalue weighted by molar-refractivity contribution is 5.98. The van der Waals surface area contributed by atoms with Crippen LogP contribution >= 0.6 is 0 Å². The number of nitrogens with zero attached hydrogens (tertiary/aromatic N) is 2. The quantitative estimate of drug-likeness (QED) is 0.432. The van der Waals surface area contributed by atoms with Gasteiger partial charge in [0.1, 0.15) is 11.6 Å². The maximum Gasteiger partial charge on any atom is 0.225 e. The predicted molar refractivity (Wildman–Crippen MR) is 120 cm³/mol. The van der Waals surface area contributed by atoms with Crippen molar-refractivity contribution in [3.63, 3.8) is 0 Å². The number of ether oxygens (including phenoxy) is 1. The number of benzene rings is 2. The lowest BCUT2D eigenvalue weighted by atomic mass is 10.1. The average Bonchev–Trinajstić information content (AvgIpc) is 2.79. The van der Waals surface area contributed by atoms with Crippen molar-refractivity contribution in [3.8, 4) is 11.6 Å². The van der Waals surface area contributed by atoms with E-state index in [0.717, 1.165) is 11.1 Å². The Morgan fingerprint density at radius 1 is 0.931 bits per heavy atom. The fraction of sp³-hybridized carbons (Fsp3) is 0.320. The van der Waals surface area contributed by atoms with Crippen LogP contribution in [0.5, 0.6) is 11.6 Å². The topological polar surface area (TPSA) is 52.1 Å². The normalized spacial score (nSPS) is 9.45. The molecule has 0 N–H and O–H groups in total. The van der Waals surface area contributed by atoms with Gasteiger partial charge in [0.2, 0.25) is 5.88 Å². The zero-order chi connectivity index (χ0) is 21.6. The van der Waals surface area contributed by atoms with E-state index < -0.39 is 0 Å². The van der Waals surface area contributed by atoms with Gasteiger partial charge in [-0.1, -0.05) is 77.1 Å². The summed E-state index contributed by atoms with van der Waals surface area (Å²) < 4.78 is 5.97. The van der Waals surface area contributed by atoms with E-state index in [1.54, 1.807) is 18.3 Å². The molecule has 3 rings (SSSR count). The molecule has 0 fully saturated rings. The summed E-state index contributed by atoms with van der Waals surface area (Å²) in [6.07, 6.45) is 2.82. The summed E-state index contributed by atoms with van der Waals surface area (Å²) in [6.45, 7) is 11.7. The Morgan fingerprint density at radius 3 is 2.21 bits per heavy atom. The maximum absolute atomic E-state index is 12.1. The van der Waals surface area contributed by atoms with E-state index in [-0.39, 0.29) is 5.78 Å². The number of Topliss-reactive ketones (excluding diaryl/α,β-unsaturated/α-hetero) is 1. The van der Waals surface area contributed by atoms with Crippen molar-refractivity contribution in [2.75, 3.05) is 0 Å². The van der Waals surface area contributed by atoms with Crippen molar-refractivity contribution in [1.82, 2.24) is 9.97 Å². The molecule has 154 valence electrons. The van der Waals surface area contributed by atoms with Crippen molar-refractivity contribution in [2.24, 2.45) is 0 Å². The number of para-hydroxylation sites is 1. The Labute approximate surface area is 175 Å². The second-order valence-corrected chi connectivity index (χ2v) is 5.81. The molecule has 0 aliphatic carbocycles. The van der Waals surface area contributed by atoms with Gasteiger partial charge in [-0.3, -0.25) is 4.79 Å². The molecule has 2 aromatic carbocycles. The molecule has 3 aromatic rings. The van der Waals surface area contributed by atoms with Crippen molar-refractivity contribution in [2.45, 2.75) is 54.4 Å². The minimum Gasteiger partial charge on any atom is -0.438 e. The smallest absolute Gasteiger partial charge is 0.225 e. The second kappa shape index (κ2) is 13.2. The van der Waals surface area contributed by atoms with E-state index in [1.807, 2.05) is 84.0 Å². The molecule has 0 saturated carbocycles. The van der Waals surface area contributed by atoms with Gasteiger partial charge in [0.25, 0.3) is 0 Å². The number of hydrogen-bond donors (Lipinski definition) is 0. The van der Waals surface area contributed by atoms with Gasteiger partial charge in [-0.15, -0.1) is 0 Å². The van der Waals surface area contributed by atoms with Gasteiger partial charge >= 0.3 is 0 Å². The van der Waals surface area contributed by atoms with Crippen LogP contribution in [0.2, 0.25) is 0 Å². The molecule has 0 unspecified atom stereocenters. The Hall–Kier alpha value is -3.01. The summed E-state index contributed by atoms with van der Waals surface area (Å²) in [7, 11) is 0. The van der Waals surface area contributed by atoms with E-state index >= 15 is 0 Å². The summed E-state index contributed by atoms with van der Waals surface area (Å²) in [5.74, 6) is 1.75. The molecule has 0 aliphatic rings. The molecule has 0 spiro atoms. The third kappa shape index (κ3) is 7.15. The lowest BCUT2D eigenvalue weighted by Crippen LogP contribution is -2.04. The highest BCUT2D eigenvalue weighted by Crippen LogP contribution is 2.27. The van der Waals surface area contributed by atoms with Crippen LogP contribution in [0.15, 0.2) is 60.8 Å². The lowest BCUT2D eigenvalue weighted by molar-refractivity contribution is 0.0986. The van der Waals surface area contributed by atoms with Crippen LogP contribution in [-0.2, 0) is 6.42 Å². The highest BCUT2D eigenvalue weighted by atomic mass is 16.5. The van der Waals surface area contributed by atoms with E-state index in [4.69, 9.17) is 4.74 Å². The predicted octanol–water partition coefficient (Wildman–Crippen LogP) is 6.81. The van der Waals surface area contributed by atoms with Crippen LogP contribution in [0.1, 0.15) is 68.3 Å². The van der Waals surface area contributed by atoms with E-state index in [2.05, 4.69) is 9.97 Å². The summed E-state index contributed by atoms with van der Waals surface area (Å²) >= 11 is 0. The van der Waals surface area contributed by atoms with Gasteiger partial charge < -0.3 is 4.74 Å². The number of hydrogen-bond acceptors (Lipinski definition) is 4. The molecule has 0 aliphatic heterocycles.